The van der Waals surface area contributed by atoms with Crippen molar-refractivity contribution in [3.8, 4) is 0 Å². The number of halogens is 3. The van der Waals surface area contributed by atoms with Crippen LogP contribution in [0.1, 0.15) is 88.2 Å². The Bertz CT molecular complexity index is 2320. The van der Waals surface area contributed by atoms with Gasteiger partial charge in [-0.05, 0) is 101 Å². The van der Waals surface area contributed by atoms with Crippen molar-refractivity contribution < 1.29 is 23.1 Å². The number of hydrogen-bond donors (Lipinski definition) is 0. The molecule has 0 unspecified atom stereocenters. The molecule has 2 aliphatic heterocycles. The zero-order valence-corrected chi connectivity index (χ0v) is 31.4. The van der Waals surface area contributed by atoms with Gasteiger partial charge in [-0.25, -0.2) is 28.3 Å². The molecule has 2 fully saturated rings. The Hall–Kier alpha value is -4.85. The molecular weight excluding hydrogens is 718 g/mol. The van der Waals surface area contributed by atoms with E-state index in [9.17, 15) is 23.2 Å². The van der Waals surface area contributed by atoms with Gasteiger partial charge in [0.15, 0.2) is 5.65 Å². The van der Waals surface area contributed by atoms with Crippen molar-refractivity contribution in [2.45, 2.75) is 96.5 Å². The quantitative estimate of drug-likeness (QED) is 0.181. The lowest BCUT2D eigenvalue weighted by Crippen LogP contribution is -2.43. The second-order valence-corrected chi connectivity index (χ2v) is 16.0. The van der Waals surface area contributed by atoms with E-state index in [1.807, 2.05) is 42.4 Å². The molecule has 6 heterocycles. The van der Waals surface area contributed by atoms with Crippen molar-refractivity contribution in [1.82, 2.24) is 38.5 Å². The van der Waals surface area contributed by atoms with Crippen LogP contribution in [-0.4, -0.2) is 75.7 Å². The molecule has 2 amide bonds. The number of ether oxygens (including phenoxy) is 1. The average molecular weight is 761 g/mol. The summed E-state index contributed by atoms with van der Waals surface area (Å²) in [5.74, 6) is -1.40. The Morgan fingerprint density at radius 3 is 2.39 bits per heavy atom. The minimum Gasteiger partial charge on any atom is -0.444 e. The Morgan fingerprint density at radius 2 is 1.67 bits per heavy atom. The van der Waals surface area contributed by atoms with E-state index in [2.05, 4.69) is 15.0 Å². The molecule has 1 saturated heterocycles. The highest BCUT2D eigenvalue weighted by atomic mass is 35.5. The van der Waals surface area contributed by atoms with E-state index in [0.29, 0.717) is 93.5 Å². The third-order valence-electron chi connectivity index (χ3n) is 11.2. The van der Waals surface area contributed by atoms with Gasteiger partial charge >= 0.3 is 11.8 Å². The van der Waals surface area contributed by atoms with Crippen molar-refractivity contribution >= 4 is 45.8 Å². The van der Waals surface area contributed by atoms with Crippen LogP contribution >= 0.6 is 11.6 Å². The summed E-state index contributed by atoms with van der Waals surface area (Å²) >= 11 is 6.25. The van der Waals surface area contributed by atoms with E-state index < -0.39 is 17.2 Å². The van der Waals surface area contributed by atoms with E-state index in [4.69, 9.17) is 16.3 Å². The number of carbonyl (C=O) groups is 2. The topological polar surface area (TPSA) is 120 Å². The van der Waals surface area contributed by atoms with Crippen molar-refractivity contribution in [3.05, 3.63) is 86.9 Å². The fraction of sp³-hybridized carbons (Fsp3) is 0.487. The van der Waals surface area contributed by atoms with Crippen molar-refractivity contribution in [1.29, 1.82) is 0 Å². The molecular formula is C39H43ClF2N8O4. The van der Waals surface area contributed by atoms with Crippen LogP contribution < -0.4 is 5.69 Å². The summed E-state index contributed by atoms with van der Waals surface area (Å²) < 4.78 is 39.5. The standard InChI is InChI=1S/C39H43ClF2N8O4/c1-39(2,3)54-38(53)46-16-12-27(13-17-46)50-34-31(20-44-36(40)45-34)49(37(50)52)26-10-7-23(8-11-26)35(51)47-18-14-28-29-5-4-15-43-33(29)48(32(28)22-47)21-24-6-9-25(41)19-30(24)42/h4-6,9,15,19-20,23,26-27H,7-8,10-14,16-18,21-22H2,1-3H3. The van der Waals surface area contributed by atoms with Gasteiger partial charge in [-0.15, -0.1) is 0 Å². The van der Waals surface area contributed by atoms with E-state index in [-0.39, 0.29) is 47.5 Å². The third-order valence-corrected chi connectivity index (χ3v) is 11.4. The van der Waals surface area contributed by atoms with Crippen LogP contribution in [0.4, 0.5) is 13.6 Å². The first kappa shape index (κ1) is 36.1. The summed E-state index contributed by atoms with van der Waals surface area (Å²) in [6, 6.07) is 7.14. The summed E-state index contributed by atoms with van der Waals surface area (Å²) in [5, 5.41) is 1.03. The zero-order chi connectivity index (χ0) is 37.9. The van der Waals surface area contributed by atoms with Crippen LogP contribution in [0.25, 0.3) is 22.2 Å². The Balaban J connectivity index is 0.983. The second kappa shape index (κ2) is 14.1. The second-order valence-electron chi connectivity index (χ2n) is 15.7. The Morgan fingerprint density at radius 1 is 0.926 bits per heavy atom. The highest BCUT2D eigenvalue weighted by Gasteiger charge is 2.36. The number of aromatic nitrogens is 6. The van der Waals surface area contributed by atoms with Crippen LogP contribution in [0.2, 0.25) is 5.28 Å². The lowest BCUT2D eigenvalue weighted by molar-refractivity contribution is -0.137. The predicted octanol–water partition coefficient (Wildman–Crippen LogP) is 6.81. The number of fused-ring (bicyclic) bond motifs is 4. The van der Waals surface area contributed by atoms with Gasteiger partial charge in [-0.2, -0.15) is 4.98 Å². The maximum atomic E-state index is 14.8. The van der Waals surface area contributed by atoms with Gasteiger partial charge in [0.25, 0.3) is 0 Å². The van der Waals surface area contributed by atoms with Gasteiger partial charge in [0, 0.05) is 66.5 Å². The first-order valence-corrected chi connectivity index (χ1v) is 19.0. The minimum absolute atomic E-state index is 0.0520. The lowest BCUT2D eigenvalue weighted by atomic mass is 9.84. The fourth-order valence-corrected chi connectivity index (χ4v) is 8.72. The van der Waals surface area contributed by atoms with Gasteiger partial charge in [0.1, 0.15) is 28.4 Å². The number of imidazole rings is 1. The number of rotatable bonds is 5. The molecule has 0 atom stereocenters. The number of hydrogen-bond acceptors (Lipinski definition) is 7. The maximum absolute atomic E-state index is 14.8. The van der Waals surface area contributed by atoms with E-state index >= 15 is 0 Å². The van der Waals surface area contributed by atoms with Crippen molar-refractivity contribution in [3.63, 3.8) is 0 Å². The van der Waals surface area contributed by atoms with Crippen LogP contribution in [0, 0.1) is 17.6 Å². The molecule has 1 aromatic carbocycles. The number of nitrogens with zero attached hydrogens (tertiary/aromatic N) is 8. The van der Waals surface area contributed by atoms with Gasteiger partial charge in [-0.3, -0.25) is 13.9 Å². The number of piperidine rings is 1. The SMILES string of the molecule is CC(C)(C)OC(=O)N1CCC(n2c(=O)n(C3CCC(C(=O)N4CCc5c(n(Cc6ccc(F)cc6F)c6ncccc56)C4)CC3)c3cnc(Cl)nc32)CC1. The zero-order valence-electron chi connectivity index (χ0n) is 30.6. The first-order valence-electron chi connectivity index (χ1n) is 18.7. The molecule has 284 valence electrons. The van der Waals surface area contributed by atoms with Crippen LogP contribution in [0.5, 0.6) is 0 Å². The molecule has 8 rings (SSSR count). The molecule has 3 aliphatic rings. The molecule has 5 aromatic rings. The predicted molar refractivity (Wildman–Crippen MR) is 198 cm³/mol. The minimum atomic E-state index is -0.633. The molecule has 1 saturated carbocycles. The number of likely N-dealkylation sites (tertiary alicyclic amines) is 1. The molecule has 0 N–H and O–H groups in total. The third kappa shape index (κ3) is 6.73. The molecule has 0 spiro atoms. The highest BCUT2D eigenvalue weighted by molar-refractivity contribution is 6.28. The van der Waals surface area contributed by atoms with E-state index in [0.717, 1.165) is 22.7 Å². The lowest BCUT2D eigenvalue weighted by Gasteiger charge is -2.35. The van der Waals surface area contributed by atoms with Crippen LogP contribution in [0.3, 0.4) is 0 Å². The largest absolute Gasteiger partial charge is 0.444 e. The van der Waals surface area contributed by atoms with Crippen molar-refractivity contribution in [2.75, 3.05) is 19.6 Å². The van der Waals surface area contributed by atoms with Gasteiger partial charge < -0.3 is 19.1 Å². The van der Waals surface area contributed by atoms with Crippen molar-refractivity contribution in [2.24, 2.45) is 5.92 Å². The summed E-state index contributed by atoms with van der Waals surface area (Å²) in [7, 11) is 0. The molecule has 4 aromatic heterocycles. The van der Waals surface area contributed by atoms with Gasteiger partial charge in [-0.1, -0.05) is 6.07 Å². The number of amides is 2. The molecule has 12 nitrogen and oxygen atoms in total. The fourth-order valence-electron chi connectivity index (χ4n) is 8.60. The van der Waals surface area contributed by atoms with Gasteiger partial charge in [0.2, 0.25) is 11.2 Å². The Labute approximate surface area is 315 Å². The molecule has 15 heteroatoms. The molecule has 1 aliphatic carbocycles. The first-order chi connectivity index (χ1) is 25.9. The average Bonchev–Trinajstić information content (AvgIpc) is 3.61. The summed E-state index contributed by atoms with van der Waals surface area (Å²) in [4.78, 5) is 58.0. The Kier molecular flexibility index (Phi) is 9.43. The maximum Gasteiger partial charge on any atom is 0.410 e. The highest BCUT2D eigenvalue weighted by Crippen LogP contribution is 2.37. The van der Waals surface area contributed by atoms with Gasteiger partial charge in [0.05, 0.1) is 19.3 Å². The molecule has 0 bridgehead atoms. The number of benzene rings is 1. The van der Waals surface area contributed by atoms with Crippen LogP contribution in [-0.2, 0) is 29.0 Å². The summed E-state index contributed by atoms with van der Waals surface area (Å²) in [6.07, 6.45) is 7.19. The summed E-state index contributed by atoms with van der Waals surface area (Å²) in [6.45, 7) is 7.50. The normalized spacial score (nSPS) is 19.7. The monoisotopic (exact) mass is 760 g/mol. The number of carbonyl (C=O) groups excluding carboxylic acids is 2. The van der Waals surface area contributed by atoms with Crippen LogP contribution in [0.15, 0.2) is 47.5 Å². The smallest absolute Gasteiger partial charge is 0.410 e. The molecule has 0 radical (unpaired) electrons. The van der Waals surface area contributed by atoms with E-state index in [1.165, 1.54) is 12.1 Å². The van der Waals surface area contributed by atoms with E-state index in [1.54, 1.807) is 26.4 Å². The number of pyridine rings is 1. The molecule has 54 heavy (non-hydrogen) atoms. The summed E-state index contributed by atoms with van der Waals surface area (Å²) in [5.41, 5.74) is 3.37.